The third kappa shape index (κ3) is 2.98. The van der Waals surface area contributed by atoms with Crippen LogP contribution in [0.2, 0.25) is 0 Å². The van der Waals surface area contributed by atoms with Crippen molar-refractivity contribution in [3.8, 4) is 11.8 Å². The number of primary amides is 1. The molecular formula is C15H17N3O2. The van der Waals surface area contributed by atoms with E-state index in [2.05, 4.69) is 11.8 Å². The Morgan fingerprint density at radius 1 is 1.40 bits per heavy atom. The summed E-state index contributed by atoms with van der Waals surface area (Å²) >= 11 is 0. The number of carbonyl (C=O) groups excluding carboxylic acids is 2. The molecule has 4 N–H and O–H groups in total. The Balaban J connectivity index is 2.22. The normalized spacial score (nSPS) is 17.4. The second kappa shape index (κ2) is 6.22. The van der Waals surface area contributed by atoms with Gasteiger partial charge in [-0.1, -0.05) is 17.9 Å². The SMILES string of the molecule is NCC#Cc1cccc(C(=O)N2CCCC2C(N)=O)c1. The van der Waals surface area contributed by atoms with Gasteiger partial charge in [-0.3, -0.25) is 9.59 Å². The van der Waals surface area contributed by atoms with Crippen molar-refractivity contribution in [2.75, 3.05) is 13.1 Å². The average Bonchev–Trinajstić information content (AvgIpc) is 2.94. The molecule has 2 amide bonds. The van der Waals surface area contributed by atoms with E-state index in [1.807, 2.05) is 6.07 Å². The maximum absolute atomic E-state index is 12.4. The maximum Gasteiger partial charge on any atom is 0.254 e. The summed E-state index contributed by atoms with van der Waals surface area (Å²) in [6, 6.07) is 6.51. The number of likely N-dealkylation sites (tertiary alicyclic amines) is 1. The molecule has 1 aromatic rings. The number of nitrogens with two attached hydrogens (primary N) is 2. The van der Waals surface area contributed by atoms with Crippen LogP contribution in [0.5, 0.6) is 0 Å². The highest BCUT2D eigenvalue weighted by Gasteiger charge is 2.33. The van der Waals surface area contributed by atoms with E-state index in [4.69, 9.17) is 11.5 Å². The van der Waals surface area contributed by atoms with Crippen LogP contribution in [0.25, 0.3) is 0 Å². The number of amides is 2. The van der Waals surface area contributed by atoms with E-state index in [1.54, 1.807) is 18.2 Å². The monoisotopic (exact) mass is 271 g/mol. The standard InChI is InChI=1S/C15H17N3O2/c16-8-2-5-11-4-1-6-12(10-11)15(20)18-9-3-7-13(18)14(17)19/h1,4,6,10,13H,3,7-9,16H2,(H2,17,19). The van der Waals surface area contributed by atoms with Gasteiger partial charge < -0.3 is 16.4 Å². The average molecular weight is 271 g/mol. The lowest BCUT2D eigenvalue weighted by Gasteiger charge is -2.22. The van der Waals surface area contributed by atoms with Gasteiger partial charge in [0.2, 0.25) is 5.91 Å². The summed E-state index contributed by atoms with van der Waals surface area (Å²) in [4.78, 5) is 25.3. The first-order valence-electron chi connectivity index (χ1n) is 6.53. The van der Waals surface area contributed by atoms with Crippen LogP contribution in [0.15, 0.2) is 24.3 Å². The van der Waals surface area contributed by atoms with Gasteiger partial charge >= 0.3 is 0 Å². The van der Waals surface area contributed by atoms with Crippen molar-refractivity contribution in [1.82, 2.24) is 4.90 Å². The van der Waals surface area contributed by atoms with Gasteiger partial charge in [-0.05, 0) is 31.0 Å². The Kier molecular flexibility index (Phi) is 4.38. The van der Waals surface area contributed by atoms with Gasteiger partial charge in [0.05, 0.1) is 6.54 Å². The molecule has 0 aromatic heterocycles. The highest BCUT2D eigenvalue weighted by molar-refractivity contribution is 5.98. The van der Waals surface area contributed by atoms with Crippen LogP contribution in [0.1, 0.15) is 28.8 Å². The smallest absolute Gasteiger partial charge is 0.254 e. The highest BCUT2D eigenvalue weighted by atomic mass is 16.2. The molecule has 5 nitrogen and oxygen atoms in total. The van der Waals surface area contributed by atoms with Gasteiger partial charge in [0.15, 0.2) is 0 Å². The summed E-state index contributed by atoms with van der Waals surface area (Å²) in [6.45, 7) is 0.833. The molecule has 0 radical (unpaired) electrons. The summed E-state index contributed by atoms with van der Waals surface area (Å²) in [6.07, 6.45) is 1.43. The van der Waals surface area contributed by atoms with Crippen molar-refractivity contribution >= 4 is 11.8 Å². The predicted molar refractivity (Wildman–Crippen MR) is 75.6 cm³/mol. The lowest BCUT2D eigenvalue weighted by Crippen LogP contribution is -2.43. The molecule has 1 aromatic carbocycles. The first kappa shape index (κ1) is 14.1. The summed E-state index contributed by atoms with van der Waals surface area (Å²) in [7, 11) is 0. The zero-order valence-corrected chi connectivity index (χ0v) is 11.1. The van der Waals surface area contributed by atoms with Crippen molar-refractivity contribution in [3.05, 3.63) is 35.4 Å². The fraction of sp³-hybridized carbons (Fsp3) is 0.333. The van der Waals surface area contributed by atoms with Crippen LogP contribution in [0.3, 0.4) is 0 Å². The van der Waals surface area contributed by atoms with Crippen LogP contribution in [0.4, 0.5) is 0 Å². The molecule has 1 fully saturated rings. The maximum atomic E-state index is 12.4. The molecule has 1 aliphatic rings. The van der Waals surface area contributed by atoms with E-state index < -0.39 is 11.9 Å². The van der Waals surface area contributed by atoms with E-state index in [1.165, 1.54) is 4.90 Å². The molecule has 0 saturated carbocycles. The minimum Gasteiger partial charge on any atom is -0.368 e. The fourth-order valence-electron chi connectivity index (χ4n) is 2.35. The van der Waals surface area contributed by atoms with Crippen molar-refractivity contribution in [2.24, 2.45) is 11.5 Å². The molecule has 1 unspecified atom stereocenters. The number of nitrogens with zero attached hydrogens (tertiary/aromatic N) is 1. The van der Waals surface area contributed by atoms with Crippen LogP contribution in [-0.4, -0.2) is 35.8 Å². The molecule has 2 rings (SSSR count). The molecular weight excluding hydrogens is 254 g/mol. The minimum atomic E-state index is -0.499. The Bertz CT molecular complexity index is 586. The van der Waals surface area contributed by atoms with E-state index in [9.17, 15) is 9.59 Å². The van der Waals surface area contributed by atoms with Gasteiger partial charge in [0.1, 0.15) is 6.04 Å². The van der Waals surface area contributed by atoms with Crippen LogP contribution in [0, 0.1) is 11.8 Å². The Morgan fingerprint density at radius 2 is 2.20 bits per heavy atom. The van der Waals surface area contributed by atoms with E-state index in [0.29, 0.717) is 18.5 Å². The summed E-state index contributed by atoms with van der Waals surface area (Å²) in [5, 5.41) is 0. The van der Waals surface area contributed by atoms with Crippen LogP contribution >= 0.6 is 0 Å². The molecule has 1 aliphatic heterocycles. The number of hydrogen-bond acceptors (Lipinski definition) is 3. The zero-order valence-electron chi connectivity index (χ0n) is 11.1. The second-order valence-corrected chi connectivity index (χ2v) is 4.65. The van der Waals surface area contributed by atoms with Gasteiger partial charge in [0.25, 0.3) is 5.91 Å². The Morgan fingerprint density at radius 3 is 2.90 bits per heavy atom. The Labute approximate surface area is 117 Å². The van der Waals surface area contributed by atoms with Gasteiger partial charge in [0, 0.05) is 17.7 Å². The van der Waals surface area contributed by atoms with Crippen molar-refractivity contribution in [1.29, 1.82) is 0 Å². The third-order valence-corrected chi connectivity index (χ3v) is 3.29. The lowest BCUT2D eigenvalue weighted by atomic mass is 10.1. The molecule has 5 heteroatoms. The zero-order chi connectivity index (χ0) is 14.5. The van der Waals surface area contributed by atoms with E-state index in [-0.39, 0.29) is 12.5 Å². The topological polar surface area (TPSA) is 89.4 Å². The molecule has 0 aliphatic carbocycles. The number of rotatable bonds is 2. The molecule has 1 atom stereocenters. The first-order valence-corrected chi connectivity index (χ1v) is 6.53. The molecule has 0 spiro atoms. The van der Waals surface area contributed by atoms with Crippen molar-refractivity contribution in [3.63, 3.8) is 0 Å². The molecule has 0 bridgehead atoms. The first-order chi connectivity index (χ1) is 9.63. The van der Waals surface area contributed by atoms with Crippen molar-refractivity contribution < 1.29 is 9.59 Å². The van der Waals surface area contributed by atoms with Gasteiger partial charge in [-0.15, -0.1) is 0 Å². The summed E-state index contributed by atoms with van der Waals surface area (Å²) < 4.78 is 0. The molecule has 104 valence electrons. The lowest BCUT2D eigenvalue weighted by molar-refractivity contribution is -0.121. The van der Waals surface area contributed by atoms with Crippen molar-refractivity contribution in [2.45, 2.75) is 18.9 Å². The van der Waals surface area contributed by atoms with Gasteiger partial charge in [-0.25, -0.2) is 0 Å². The van der Waals surface area contributed by atoms with Crippen LogP contribution in [-0.2, 0) is 4.79 Å². The summed E-state index contributed by atoms with van der Waals surface area (Å²) in [5.74, 6) is 5.01. The predicted octanol–water partition coefficient (Wildman–Crippen LogP) is 0.0867. The minimum absolute atomic E-state index is 0.178. The van der Waals surface area contributed by atoms with E-state index >= 15 is 0 Å². The number of carbonyl (C=O) groups is 2. The molecule has 20 heavy (non-hydrogen) atoms. The fourth-order valence-corrected chi connectivity index (χ4v) is 2.35. The third-order valence-electron chi connectivity index (χ3n) is 3.29. The molecule has 1 saturated heterocycles. The number of benzene rings is 1. The summed E-state index contributed by atoms with van der Waals surface area (Å²) in [5.41, 5.74) is 11.9. The quantitative estimate of drug-likeness (QED) is 0.747. The van der Waals surface area contributed by atoms with Crippen LogP contribution < -0.4 is 11.5 Å². The highest BCUT2D eigenvalue weighted by Crippen LogP contribution is 2.20. The Hall–Kier alpha value is -2.32. The van der Waals surface area contributed by atoms with Gasteiger partial charge in [-0.2, -0.15) is 0 Å². The largest absolute Gasteiger partial charge is 0.368 e. The van der Waals surface area contributed by atoms with E-state index in [0.717, 1.165) is 12.0 Å². The number of hydrogen-bond donors (Lipinski definition) is 2. The second-order valence-electron chi connectivity index (χ2n) is 4.65. The molecule has 1 heterocycles.